The molecule has 2 heteroatoms. The number of rotatable bonds is 2. The molecule has 1 fully saturated rings. The average Bonchev–Trinajstić information content (AvgIpc) is 2.66. The first-order valence-corrected chi connectivity index (χ1v) is 6.87. The summed E-state index contributed by atoms with van der Waals surface area (Å²) >= 11 is 1.82. The van der Waals surface area contributed by atoms with Gasteiger partial charge in [0.15, 0.2) is 0 Å². The van der Waals surface area contributed by atoms with Crippen molar-refractivity contribution in [3.05, 3.63) is 21.9 Å². The quantitative estimate of drug-likeness (QED) is 0.810. The first-order valence-electron chi connectivity index (χ1n) is 5.99. The second-order valence-electron chi connectivity index (χ2n) is 4.90. The van der Waals surface area contributed by atoms with Gasteiger partial charge in [-0.05, 0) is 55.5 Å². The van der Waals surface area contributed by atoms with Crippen LogP contribution < -0.4 is 5.73 Å². The van der Waals surface area contributed by atoms with Gasteiger partial charge in [0.05, 0.1) is 0 Å². The van der Waals surface area contributed by atoms with Crippen LogP contribution in [0, 0.1) is 12.8 Å². The highest BCUT2D eigenvalue weighted by Crippen LogP contribution is 2.40. The van der Waals surface area contributed by atoms with E-state index in [9.17, 15) is 0 Å². The summed E-state index contributed by atoms with van der Waals surface area (Å²) in [7, 11) is 0. The maximum Gasteiger partial charge on any atom is 0.0420 e. The van der Waals surface area contributed by atoms with Crippen molar-refractivity contribution in [1.82, 2.24) is 0 Å². The van der Waals surface area contributed by atoms with E-state index in [-0.39, 0.29) is 5.54 Å². The lowest BCUT2D eigenvalue weighted by Crippen LogP contribution is -2.40. The molecule has 1 aliphatic rings. The molecule has 1 nitrogen and oxygen atoms in total. The van der Waals surface area contributed by atoms with Gasteiger partial charge in [0.2, 0.25) is 0 Å². The van der Waals surface area contributed by atoms with Gasteiger partial charge in [0.25, 0.3) is 0 Å². The Morgan fingerprint density at radius 1 is 1.47 bits per heavy atom. The van der Waals surface area contributed by atoms with Gasteiger partial charge < -0.3 is 5.73 Å². The van der Waals surface area contributed by atoms with Gasteiger partial charge in [-0.15, -0.1) is 11.3 Å². The Kier molecular flexibility index (Phi) is 3.17. The maximum atomic E-state index is 6.55. The standard InChI is InChI=1S/C13H21NS/c1-3-11-4-7-13(14,8-5-11)12-6-9-15-10(12)2/h6,9,11H,3-5,7-8,14H2,1-2H3. The van der Waals surface area contributed by atoms with Crippen molar-refractivity contribution in [3.63, 3.8) is 0 Å². The molecule has 0 unspecified atom stereocenters. The molecule has 1 saturated carbocycles. The van der Waals surface area contributed by atoms with E-state index in [1.165, 1.54) is 42.5 Å². The number of hydrogen-bond acceptors (Lipinski definition) is 2. The Balaban J connectivity index is 2.13. The normalized spacial score (nSPS) is 31.8. The summed E-state index contributed by atoms with van der Waals surface area (Å²) in [4.78, 5) is 1.41. The smallest absolute Gasteiger partial charge is 0.0420 e. The molecule has 2 N–H and O–H groups in total. The van der Waals surface area contributed by atoms with Gasteiger partial charge in [-0.1, -0.05) is 13.3 Å². The molecule has 0 spiro atoms. The molecular weight excluding hydrogens is 202 g/mol. The zero-order valence-electron chi connectivity index (χ0n) is 9.75. The molecule has 1 aromatic heterocycles. The van der Waals surface area contributed by atoms with Crippen LogP contribution in [0.4, 0.5) is 0 Å². The van der Waals surface area contributed by atoms with Gasteiger partial charge >= 0.3 is 0 Å². The summed E-state index contributed by atoms with van der Waals surface area (Å²) in [5, 5.41) is 2.17. The van der Waals surface area contributed by atoms with Crippen molar-refractivity contribution in [3.8, 4) is 0 Å². The lowest BCUT2D eigenvalue weighted by molar-refractivity contribution is 0.231. The summed E-state index contributed by atoms with van der Waals surface area (Å²) in [6, 6.07) is 2.23. The van der Waals surface area contributed by atoms with Gasteiger partial charge in [0.1, 0.15) is 0 Å². The third-order valence-electron chi connectivity index (χ3n) is 3.97. The van der Waals surface area contributed by atoms with Crippen LogP contribution in [0.15, 0.2) is 11.4 Å². The molecule has 15 heavy (non-hydrogen) atoms. The molecule has 84 valence electrons. The van der Waals surface area contributed by atoms with Gasteiger partial charge in [-0.25, -0.2) is 0 Å². The topological polar surface area (TPSA) is 26.0 Å². The minimum absolute atomic E-state index is 0.0181. The summed E-state index contributed by atoms with van der Waals surface area (Å²) in [6.45, 7) is 4.49. The Morgan fingerprint density at radius 3 is 2.60 bits per heavy atom. The maximum absolute atomic E-state index is 6.55. The van der Waals surface area contributed by atoms with Crippen LogP contribution in [0.5, 0.6) is 0 Å². The fraction of sp³-hybridized carbons (Fsp3) is 0.692. The van der Waals surface area contributed by atoms with Gasteiger partial charge in [0, 0.05) is 10.4 Å². The molecule has 1 heterocycles. The molecule has 2 rings (SSSR count). The van der Waals surface area contributed by atoms with E-state index in [4.69, 9.17) is 5.73 Å². The summed E-state index contributed by atoms with van der Waals surface area (Å²) in [5.74, 6) is 0.917. The van der Waals surface area contributed by atoms with Crippen molar-refractivity contribution in [2.75, 3.05) is 0 Å². The molecule has 0 amide bonds. The van der Waals surface area contributed by atoms with Crippen LogP contribution in [0.2, 0.25) is 0 Å². The second kappa shape index (κ2) is 4.26. The van der Waals surface area contributed by atoms with Crippen LogP contribution in [-0.2, 0) is 5.54 Å². The third-order valence-corrected chi connectivity index (χ3v) is 4.82. The largest absolute Gasteiger partial charge is 0.321 e. The Bertz CT molecular complexity index is 321. The SMILES string of the molecule is CCC1CCC(N)(c2ccsc2C)CC1. The molecule has 0 atom stereocenters. The molecular formula is C13H21NS. The lowest BCUT2D eigenvalue weighted by atomic mass is 9.73. The fourth-order valence-electron chi connectivity index (χ4n) is 2.77. The number of aryl methyl sites for hydroxylation is 1. The molecule has 1 aliphatic carbocycles. The minimum atomic E-state index is -0.0181. The van der Waals surface area contributed by atoms with Crippen molar-refractivity contribution >= 4 is 11.3 Å². The van der Waals surface area contributed by atoms with E-state index < -0.39 is 0 Å². The first kappa shape index (κ1) is 11.2. The predicted molar refractivity (Wildman–Crippen MR) is 67.2 cm³/mol. The van der Waals surface area contributed by atoms with Crippen molar-refractivity contribution in [1.29, 1.82) is 0 Å². The van der Waals surface area contributed by atoms with Gasteiger partial charge in [-0.3, -0.25) is 0 Å². The summed E-state index contributed by atoms with van der Waals surface area (Å²) in [6.07, 6.45) is 6.27. The number of nitrogens with two attached hydrogens (primary N) is 1. The highest BCUT2D eigenvalue weighted by atomic mass is 32.1. The molecule has 1 aromatic rings. The molecule has 0 aromatic carbocycles. The highest BCUT2D eigenvalue weighted by molar-refractivity contribution is 7.10. The van der Waals surface area contributed by atoms with Crippen molar-refractivity contribution in [2.45, 2.75) is 51.5 Å². The molecule has 0 saturated heterocycles. The van der Waals surface area contributed by atoms with Crippen molar-refractivity contribution < 1.29 is 0 Å². The van der Waals surface area contributed by atoms with E-state index in [1.54, 1.807) is 0 Å². The van der Waals surface area contributed by atoms with Gasteiger partial charge in [-0.2, -0.15) is 0 Å². The van der Waals surface area contributed by atoms with Crippen molar-refractivity contribution in [2.24, 2.45) is 11.7 Å². The summed E-state index contributed by atoms with van der Waals surface area (Å²) < 4.78 is 0. The monoisotopic (exact) mass is 223 g/mol. The second-order valence-corrected chi connectivity index (χ2v) is 6.02. The fourth-order valence-corrected chi connectivity index (χ4v) is 3.58. The predicted octanol–water partition coefficient (Wildman–Crippen LogP) is 3.81. The number of hydrogen-bond donors (Lipinski definition) is 1. The molecule has 0 aliphatic heterocycles. The van der Waals surface area contributed by atoms with Crippen LogP contribution in [0.1, 0.15) is 49.5 Å². The average molecular weight is 223 g/mol. The van der Waals surface area contributed by atoms with E-state index in [0.717, 1.165) is 5.92 Å². The molecule has 0 radical (unpaired) electrons. The number of thiophene rings is 1. The highest BCUT2D eigenvalue weighted by Gasteiger charge is 2.33. The van der Waals surface area contributed by atoms with Crippen LogP contribution in [0.25, 0.3) is 0 Å². The van der Waals surface area contributed by atoms with Crippen LogP contribution in [-0.4, -0.2) is 0 Å². The molecule has 0 bridgehead atoms. The zero-order valence-corrected chi connectivity index (χ0v) is 10.6. The van der Waals surface area contributed by atoms with E-state index in [2.05, 4.69) is 25.3 Å². The van der Waals surface area contributed by atoms with E-state index in [1.807, 2.05) is 11.3 Å². The Labute approximate surface area is 96.7 Å². The van der Waals surface area contributed by atoms with Crippen LogP contribution in [0.3, 0.4) is 0 Å². The van der Waals surface area contributed by atoms with E-state index in [0.29, 0.717) is 0 Å². The Morgan fingerprint density at radius 2 is 2.13 bits per heavy atom. The lowest BCUT2D eigenvalue weighted by Gasteiger charge is -2.37. The third kappa shape index (κ3) is 2.11. The van der Waals surface area contributed by atoms with Crippen LogP contribution >= 0.6 is 11.3 Å². The minimum Gasteiger partial charge on any atom is -0.321 e. The zero-order chi connectivity index (χ0) is 10.9. The summed E-state index contributed by atoms with van der Waals surface area (Å²) in [5.41, 5.74) is 7.94. The van der Waals surface area contributed by atoms with E-state index >= 15 is 0 Å². The Hall–Kier alpha value is -0.340. The first-order chi connectivity index (χ1) is 7.15.